The largest absolute Gasteiger partial charge is 0.497 e. The zero-order valence-electron chi connectivity index (χ0n) is 19.1. The molecule has 0 saturated carbocycles. The van der Waals surface area contributed by atoms with Crippen molar-refractivity contribution in [2.24, 2.45) is 0 Å². The van der Waals surface area contributed by atoms with Crippen LogP contribution in [0.5, 0.6) is 17.2 Å². The van der Waals surface area contributed by atoms with E-state index in [1.807, 2.05) is 79.7 Å². The molecule has 3 rings (SSSR count). The van der Waals surface area contributed by atoms with Gasteiger partial charge in [0.25, 0.3) is 0 Å². The van der Waals surface area contributed by atoms with Crippen LogP contribution in [-0.2, 0) is 11.4 Å². The van der Waals surface area contributed by atoms with E-state index >= 15 is 0 Å². The van der Waals surface area contributed by atoms with Gasteiger partial charge in [-0.05, 0) is 66.1 Å². The van der Waals surface area contributed by atoms with Crippen molar-refractivity contribution in [2.45, 2.75) is 25.9 Å². The molecule has 0 aliphatic heterocycles. The lowest BCUT2D eigenvalue weighted by Crippen LogP contribution is -2.11. The number of hydrogen-bond donors (Lipinski definition) is 1. The van der Waals surface area contributed by atoms with E-state index in [0.717, 1.165) is 34.6 Å². The van der Waals surface area contributed by atoms with Gasteiger partial charge in [0.2, 0.25) is 0 Å². The zero-order valence-corrected chi connectivity index (χ0v) is 19.1. The van der Waals surface area contributed by atoms with E-state index in [1.165, 1.54) is 0 Å². The van der Waals surface area contributed by atoms with Crippen LogP contribution in [0.1, 0.15) is 36.0 Å². The van der Waals surface area contributed by atoms with Gasteiger partial charge in [0.15, 0.2) is 0 Å². The van der Waals surface area contributed by atoms with Crippen LogP contribution in [0.4, 0.5) is 0 Å². The van der Waals surface area contributed by atoms with Crippen molar-refractivity contribution in [3.05, 3.63) is 95.7 Å². The molecule has 0 aromatic heterocycles. The highest BCUT2D eigenvalue weighted by Crippen LogP contribution is 2.23. The molecular formula is C27H28N2O4. The Bertz CT molecular complexity index is 1070. The molecule has 1 N–H and O–H groups in total. The van der Waals surface area contributed by atoms with Crippen molar-refractivity contribution in [3.63, 3.8) is 0 Å². The van der Waals surface area contributed by atoms with E-state index < -0.39 is 0 Å². The van der Waals surface area contributed by atoms with Gasteiger partial charge in [0.1, 0.15) is 35.8 Å². The number of ether oxygens (including phenoxy) is 3. The fraction of sp³-hybridized carbons (Fsp3) is 0.222. The lowest BCUT2D eigenvalue weighted by molar-refractivity contribution is 0.135. The first-order chi connectivity index (χ1) is 16.2. The number of nitrogens with zero attached hydrogens (tertiary/aromatic N) is 1. The minimum atomic E-state index is -0.0787. The standard InChI is InChI=1S/C27H28N2O4/c1-4-21(17-28)22-7-15-26(16-8-22)32-18-20-5-11-25(12-6-20)33-19-27(29-31-3)23-9-13-24(30-2)14-10-23/h5-16,19,21,29H,4,18H2,1-3H3. The van der Waals surface area contributed by atoms with Crippen molar-refractivity contribution in [1.82, 2.24) is 5.48 Å². The van der Waals surface area contributed by atoms with E-state index in [1.54, 1.807) is 20.5 Å². The second-order valence-electron chi connectivity index (χ2n) is 7.28. The summed E-state index contributed by atoms with van der Waals surface area (Å²) in [5.74, 6) is 2.15. The van der Waals surface area contributed by atoms with Gasteiger partial charge in [-0.1, -0.05) is 31.2 Å². The van der Waals surface area contributed by atoms with Crippen LogP contribution in [0.15, 0.2) is 79.1 Å². The molecule has 3 aromatic rings. The van der Waals surface area contributed by atoms with Gasteiger partial charge in [-0.15, -0.1) is 0 Å². The van der Waals surface area contributed by atoms with E-state index in [0.29, 0.717) is 18.1 Å². The fourth-order valence-electron chi connectivity index (χ4n) is 3.19. The molecule has 0 amide bonds. The van der Waals surface area contributed by atoms with Crippen molar-refractivity contribution in [1.29, 1.82) is 5.26 Å². The van der Waals surface area contributed by atoms with Crippen LogP contribution in [0, 0.1) is 11.3 Å². The van der Waals surface area contributed by atoms with Crippen LogP contribution < -0.4 is 19.7 Å². The third kappa shape index (κ3) is 6.76. The van der Waals surface area contributed by atoms with Crippen LogP contribution in [0.2, 0.25) is 0 Å². The summed E-state index contributed by atoms with van der Waals surface area (Å²) in [7, 11) is 3.18. The topological polar surface area (TPSA) is 72.7 Å². The number of methoxy groups -OCH3 is 1. The van der Waals surface area contributed by atoms with Gasteiger partial charge in [-0.25, -0.2) is 0 Å². The average Bonchev–Trinajstić information content (AvgIpc) is 2.87. The van der Waals surface area contributed by atoms with Crippen LogP contribution >= 0.6 is 0 Å². The first-order valence-corrected chi connectivity index (χ1v) is 10.7. The lowest BCUT2D eigenvalue weighted by atomic mass is 9.98. The quantitative estimate of drug-likeness (QED) is 0.297. The Labute approximate surface area is 194 Å². The number of benzene rings is 3. The van der Waals surface area contributed by atoms with Gasteiger partial charge in [-0.3, -0.25) is 10.3 Å². The summed E-state index contributed by atoms with van der Waals surface area (Å²) < 4.78 is 16.9. The highest BCUT2D eigenvalue weighted by molar-refractivity contribution is 5.63. The summed E-state index contributed by atoms with van der Waals surface area (Å²) in [6.45, 7) is 2.45. The molecule has 170 valence electrons. The molecule has 0 saturated heterocycles. The predicted molar refractivity (Wildman–Crippen MR) is 128 cm³/mol. The molecule has 0 heterocycles. The third-order valence-electron chi connectivity index (χ3n) is 5.10. The third-order valence-corrected chi connectivity index (χ3v) is 5.10. The maximum absolute atomic E-state index is 9.19. The van der Waals surface area contributed by atoms with E-state index in [9.17, 15) is 5.26 Å². The Hall–Kier alpha value is -3.95. The summed E-state index contributed by atoms with van der Waals surface area (Å²) in [5, 5.41) is 9.19. The summed E-state index contributed by atoms with van der Waals surface area (Å²) in [5.41, 5.74) is 6.44. The summed E-state index contributed by atoms with van der Waals surface area (Å²) in [6, 6.07) is 25.3. The molecule has 1 unspecified atom stereocenters. The summed E-state index contributed by atoms with van der Waals surface area (Å²) >= 11 is 0. The van der Waals surface area contributed by atoms with Crippen molar-refractivity contribution in [2.75, 3.05) is 14.2 Å². The Kier molecular flexibility index (Phi) is 8.75. The maximum Gasteiger partial charge on any atom is 0.126 e. The van der Waals surface area contributed by atoms with Crippen molar-refractivity contribution < 1.29 is 19.0 Å². The molecule has 6 heteroatoms. The number of rotatable bonds is 11. The Morgan fingerprint density at radius 3 is 2.12 bits per heavy atom. The van der Waals surface area contributed by atoms with Crippen LogP contribution in [0.3, 0.4) is 0 Å². The number of nitrogens with one attached hydrogen (secondary N) is 1. The minimum Gasteiger partial charge on any atom is -0.497 e. The molecule has 0 fully saturated rings. The molecule has 6 nitrogen and oxygen atoms in total. The number of nitriles is 1. The van der Waals surface area contributed by atoms with E-state index in [4.69, 9.17) is 19.0 Å². The molecule has 0 aliphatic rings. The molecular weight excluding hydrogens is 416 g/mol. The number of hydrogen-bond acceptors (Lipinski definition) is 6. The predicted octanol–water partition coefficient (Wildman–Crippen LogP) is 5.82. The normalized spacial score (nSPS) is 11.9. The molecule has 33 heavy (non-hydrogen) atoms. The molecule has 1 atom stereocenters. The van der Waals surface area contributed by atoms with Crippen LogP contribution in [0.25, 0.3) is 5.70 Å². The highest BCUT2D eigenvalue weighted by atomic mass is 16.6. The van der Waals surface area contributed by atoms with Gasteiger partial charge in [0, 0.05) is 5.56 Å². The van der Waals surface area contributed by atoms with E-state index in [2.05, 4.69) is 11.5 Å². The first kappa shape index (κ1) is 23.7. The number of hydroxylamine groups is 1. The monoisotopic (exact) mass is 444 g/mol. The Balaban J connectivity index is 1.58. The van der Waals surface area contributed by atoms with Crippen molar-refractivity contribution in [3.8, 4) is 23.3 Å². The Morgan fingerprint density at radius 2 is 1.55 bits per heavy atom. The van der Waals surface area contributed by atoms with Gasteiger partial charge in [-0.2, -0.15) is 5.26 Å². The second kappa shape index (κ2) is 12.2. The SMILES string of the molecule is CCC(C#N)c1ccc(OCc2ccc(OC=C(NOC)c3ccc(OC)cc3)cc2)cc1. The molecule has 0 aliphatic carbocycles. The maximum atomic E-state index is 9.19. The summed E-state index contributed by atoms with van der Waals surface area (Å²) in [4.78, 5) is 5.07. The fourth-order valence-corrected chi connectivity index (χ4v) is 3.19. The molecule has 3 aromatic carbocycles. The smallest absolute Gasteiger partial charge is 0.126 e. The molecule has 0 bridgehead atoms. The minimum absolute atomic E-state index is 0.0787. The van der Waals surface area contributed by atoms with Gasteiger partial charge in [0.05, 0.1) is 26.2 Å². The molecule has 0 spiro atoms. The molecule has 0 radical (unpaired) electrons. The zero-order chi connectivity index (χ0) is 23.5. The van der Waals surface area contributed by atoms with Crippen LogP contribution in [-0.4, -0.2) is 14.2 Å². The first-order valence-electron chi connectivity index (χ1n) is 10.7. The second-order valence-corrected chi connectivity index (χ2v) is 7.28. The van der Waals surface area contributed by atoms with Gasteiger partial charge < -0.3 is 14.2 Å². The highest BCUT2D eigenvalue weighted by Gasteiger charge is 2.08. The van der Waals surface area contributed by atoms with Crippen molar-refractivity contribution >= 4 is 5.70 Å². The summed E-state index contributed by atoms with van der Waals surface area (Å²) in [6.07, 6.45) is 2.40. The average molecular weight is 445 g/mol. The Morgan fingerprint density at radius 1 is 0.909 bits per heavy atom. The van der Waals surface area contributed by atoms with Gasteiger partial charge >= 0.3 is 0 Å². The lowest BCUT2D eigenvalue weighted by Gasteiger charge is -2.11. The van der Waals surface area contributed by atoms with E-state index in [-0.39, 0.29) is 5.92 Å².